The van der Waals surface area contributed by atoms with Crippen molar-refractivity contribution in [1.82, 2.24) is 20.2 Å². The maximum absolute atomic E-state index is 6.25. The third-order valence-corrected chi connectivity index (χ3v) is 4.56. The highest BCUT2D eigenvalue weighted by molar-refractivity contribution is 6.33. The fraction of sp³-hybridized carbons (Fsp3) is 0.500. The minimum atomic E-state index is 0.584. The van der Waals surface area contributed by atoms with E-state index in [1.165, 1.54) is 19.3 Å². The highest BCUT2D eigenvalue weighted by atomic mass is 35.5. The van der Waals surface area contributed by atoms with E-state index in [2.05, 4.69) is 22.4 Å². The predicted molar refractivity (Wildman–Crippen MR) is 79.2 cm³/mol. The van der Waals surface area contributed by atoms with Crippen LogP contribution >= 0.6 is 11.6 Å². The van der Waals surface area contributed by atoms with Crippen molar-refractivity contribution in [1.29, 1.82) is 0 Å². The number of halogens is 1. The van der Waals surface area contributed by atoms with Gasteiger partial charge in [0.05, 0.1) is 10.6 Å². The predicted octanol–water partition coefficient (Wildman–Crippen LogP) is 3.01. The highest BCUT2D eigenvalue weighted by Gasteiger charge is 2.26. The van der Waals surface area contributed by atoms with Crippen LogP contribution in [0.3, 0.4) is 0 Å². The minimum absolute atomic E-state index is 0.584. The molecule has 0 saturated heterocycles. The van der Waals surface area contributed by atoms with Crippen LogP contribution in [0, 0.1) is 11.8 Å². The number of nitrogens with two attached hydrogens (primary N) is 1. The molecule has 3 rings (SSSR count). The Morgan fingerprint density at radius 1 is 1.40 bits per heavy atom. The molecule has 0 radical (unpaired) electrons. The zero-order chi connectivity index (χ0) is 14.1. The quantitative estimate of drug-likeness (QED) is 0.883. The van der Waals surface area contributed by atoms with Crippen LogP contribution in [-0.2, 0) is 6.54 Å². The second-order valence-electron chi connectivity index (χ2n) is 5.56. The maximum atomic E-state index is 6.25. The van der Waals surface area contributed by atoms with Gasteiger partial charge in [-0.05, 0) is 40.8 Å². The molecule has 0 spiro atoms. The van der Waals surface area contributed by atoms with Crippen LogP contribution in [-0.4, -0.2) is 20.2 Å². The van der Waals surface area contributed by atoms with Crippen molar-refractivity contribution in [3.63, 3.8) is 0 Å². The van der Waals surface area contributed by atoms with Crippen LogP contribution in [0.4, 0.5) is 5.69 Å². The van der Waals surface area contributed by atoms with Crippen LogP contribution in [0.25, 0.3) is 11.4 Å². The van der Waals surface area contributed by atoms with Crippen LogP contribution in [0.1, 0.15) is 26.2 Å². The van der Waals surface area contributed by atoms with Gasteiger partial charge in [0.25, 0.3) is 0 Å². The standard InChI is InChI=1S/C14H18ClN5/c1-9-4-2-5-10(9)8-20-14(17-18-19-20)13-11(15)6-3-7-12(13)16/h3,6-7,9-10H,2,4-5,8,16H2,1H3. The molecule has 1 aromatic heterocycles. The van der Waals surface area contributed by atoms with Crippen molar-refractivity contribution in [2.24, 2.45) is 11.8 Å². The third kappa shape index (κ3) is 2.38. The van der Waals surface area contributed by atoms with E-state index < -0.39 is 0 Å². The molecule has 1 fully saturated rings. The van der Waals surface area contributed by atoms with Gasteiger partial charge in [-0.3, -0.25) is 0 Å². The summed E-state index contributed by atoms with van der Waals surface area (Å²) in [7, 11) is 0. The van der Waals surface area contributed by atoms with E-state index in [9.17, 15) is 0 Å². The van der Waals surface area contributed by atoms with Crippen molar-refractivity contribution in [2.45, 2.75) is 32.7 Å². The second-order valence-corrected chi connectivity index (χ2v) is 5.96. The lowest BCUT2D eigenvalue weighted by atomic mass is 9.98. The van der Waals surface area contributed by atoms with Crippen molar-refractivity contribution >= 4 is 17.3 Å². The number of hydrogen-bond donors (Lipinski definition) is 1. The zero-order valence-electron chi connectivity index (χ0n) is 11.5. The molecule has 0 amide bonds. The number of tetrazole rings is 1. The van der Waals surface area contributed by atoms with Gasteiger partial charge in [-0.1, -0.05) is 37.4 Å². The van der Waals surface area contributed by atoms with Gasteiger partial charge in [-0.2, -0.15) is 0 Å². The van der Waals surface area contributed by atoms with E-state index in [1.807, 2.05) is 22.9 Å². The summed E-state index contributed by atoms with van der Waals surface area (Å²) in [6.45, 7) is 3.12. The first-order valence-corrected chi connectivity index (χ1v) is 7.35. The molecule has 106 valence electrons. The molecule has 1 heterocycles. The molecule has 20 heavy (non-hydrogen) atoms. The van der Waals surface area contributed by atoms with Crippen LogP contribution in [0.5, 0.6) is 0 Å². The van der Waals surface area contributed by atoms with Crippen molar-refractivity contribution in [3.05, 3.63) is 23.2 Å². The number of nitrogens with zero attached hydrogens (tertiary/aromatic N) is 4. The van der Waals surface area contributed by atoms with E-state index in [0.29, 0.717) is 22.5 Å². The molecule has 5 nitrogen and oxygen atoms in total. The van der Waals surface area contributed by atoms with Gasteiger partial charge < -0.3 is 5.73 Å². The molecule has 1 aromatic carbocycles. The number of benzene rings is 1. The van der Waals surface area contributed by atoms with E-state index in [0.717, 1.165) is 18.0 Å². The normalized spacial score (nSPS) is 22.3. The van der Waals surface area contributed by atoms with Gasteiger partial charge in [0, 0.05) is 12.2 Å². The Labute approximate surface area is 123 Å². The monoisotopic (exact) mass is 291 g/mol. The first-order chi connectivity index (χ1) is 9.66. The lowest BCUT2D eigenvalue weighted by Gasteiger charge is -2.16. The Hall–Kier alpha value is -1.62. The molecular formula is C14H18ClN5. The Balaban J connectivity index is 1.94. The molecule has 2 N–H and O–H groups in total. The second kappa shape index (κ2) is 5.40. The van der Waals surface area contributed by atoms with E-state index in [-0.39, 0.29) is 0 Å². The summed E-state index contributed by atoms with van der Waals surface area (Å²) in [4.78, 5) is 0. The molecule has 6 heteroatoms. The minimum Gasteiger partial charge on any atom is -0.398 e. The topological polar surface area (TPSA) is 69.6 Å². The Morgan fingerprint density at radius 3 is 2.95 bits per heavy atom. The fourth-order valence-electron chi connectivity index (χ4n) is 3.00. The van der Waals surface area contributed by atoms with Gasteiger partial charge in [0.1, 0.15) is 0 Å². The van der Waals surface area contributed by atoms with Gasteiger partial charge in [-0.15, -0.1) is 5.10 Å². The Bertz CT molecular complexity index is 589. The van der Waals surface area contributed by atoms with Crippen molar-refractivity contribution < 1.29 is 0 Å². The molecule has 0 aliphatic heterocycles. The first-order valence-electron chi connectivity index (χ1n) is 6.97. The number of anilines is 1. The zero-order valence-corrected chi connectivity index (χ0v) is 12.2. The molecule has 2 unspecified atom stereocenters. The highest BCUT2D eigenvalue weighted by Crippen LogP contribution is 2.35. The maximum Gasteiger partial charge on any atom is 0.185 e. The van der Waals surface area contributed by atoms with E-state index >= 15 is 0 Å². The lowest BCUT2D eigenvalue weighted by Crippen LogP contribution is -2.15. The number of rotatable bonds is 3. The number of nitrogen functional groups attached to an aromatic ring is 1. The third-order valence-electron chi connectivity index (χ3n) is 4.25. The summed E-state index contributed by atoms with van der Waals surface area (Å²) in [5, 5.41) is 12.6. The summed E-state index contributed by atoms with van der Waals surface area (Å²) in [6, 6.07) is 5.46. The smallest absolute Gasteiger partial charge is 0.185 e. The van der Waals surface area contributed by atoms with Gasteiger partial charge >= 0.3 is 0 Å². The molecule has 2 aromatic rings. The fourth-order valence-corrected chi connectivity index (χ4v) is 3.27. The van der Waals surface area contributed by atoms with Gasteiger partial charge in [-0.25, -0.2) is 4.68 Å². The van der Waals surface area contributed by atoms with Crippen molar-refractivity contribution in [2.75, 3.05) is 5.73 Å². The lowest BCUT2D eigenvalue weighted by molar-refractivity contribution is 0.346. The molecule has 2 atom stereocenters. The van der Waals surface area contributed by atoms with Crippen molar-refractivity contribution in [3.8, 4) is 11.4 Å². The van der Waals surface area contributed by atoms with Crippen LogP contribution < -0.4 is 5.73 Å². The average molecular weight is 292 g/mol. The molecular weight excluding hydrogens is 274 g/mol. The Morgan fingerprint density at radius 2 is 2.25 bits per heavy atom. The van der Waals surface area contributed by atoms with Crippen LogP contribution in [0.2, 0.25) is 5.02 Å². The number of aromatic nitrogens is 4. The molecule has 1 aliphatic rings. The summed E-state index contributed by atoms with van der Waals surface area (Å²) in [6.07, 6.45) is 3.81. The SMILES string of the molecule is CC1CCCC1Cn1nnnc1-c1c(N)cccc1Cl. The van der Waals surface area contributed by atoms with E-state index in [4.69, 9.17) is 17.3 Å². The first kappa shape index (κ1) is 13.4. The summed E-state index contributed by atoms with van der Waals surface area (Å²) in [5.41, 5.74) is 7.35. The van der Waals surface area contributed by atoms with Crippen LogP contribution in [0.15, 0.2) is 18.2 Å². The van der Waals surface area contributed by atoms with Gasteiger partial charge in [0.15, 0.2) is 5.82 Å². The molecule has 0 bridgehead atoms. The summed E-state index contributed by atoms with van der Waals surface area (Å²) >= 11 is 6.25. The summed E-state index contributed by atoms with van der Waals surface area (Å²) < 4.78 is 1.84. The molecule has 1 saturated carbocycles. The summed E-state index contributed by atoms with van der Waals surface area (Å²) in [5.74, 6) is 2.00. The largest absolute Gasteiger partial charge is 0.398 e. The Kier molecular flexibility index (Phi) is 3.61. The molecule has 1 aliphatic carbocycles. The number of hydrogen-bond acceptors (Lipinski definition) is 4. The van der Waals surface area contributed by atoms with E-state index in [1.54, 1.807) is 0 Å². The average Bonchev–Trinajstić information content (AvgIpc) is 3.01. The van der Waals surface area contributed by atoms with Gasteiger partial charge in [0.2, 0.25) is 0 Å².